The molecular weight excluding hydrogens is 188 g/mol. The summed E-state index contributed by atoms with van der Waals surface area (Å²) in [5.74, 6) is 0.370. The van der Waals surface area contributed by atoms with Gasteiger partial charge in [0.1, 0.15) is 6.10 Å². The van der Waals surface area contributed by atoms with Gasteiger partial charge in [-0.1, -0.05) is 31.9 Å². The Kier molecular flexibility index (Phi) is 1.56. The van der Waals surface area contributed by atoms with Crippen LogP contribution in [0.3, 0.4) is 0 Å². The number of esters is 1. The molecule has 0 radical (unpaired) electrons. The number of ether oxygens (including phenoxy) is 1. The van der Waals surface area contributed by atoms with E-state index in [2.05, 4.69) is 20.4 Å². The maximum absolute atomic E-state index is 11.8. The number of carbonyl (C=O) groups excluding carboxylic acids is 1. The van der Waals surface area contributed by atoms with E-state index in [9.17, 15) is 4.79 Å². The summed E-state index contributed by atoms with van der Waals surface area (Å²) in [5.41, 5.74) is 1.19. The van der Waals surface area contributed by atoms with Gasteiger partial charge in [0.15, 0.2) is 0 Å². The number of rotatable bonds is 3. The van der Waals surface area contributed by atoms with Crippen molar-refractivity contribution in [2.75, 3.05) is 0 Å². The Morgan fingerprint density at radius 3 is 2.93 bits per heavy atom. The molecule has 0 aromatic carbocycles. The molecule has 4 unspecified atom stereocenters. The van der Waals surface area contributed by atoms with Crippen molar-refractivity contribution in [3.8, 4) is 0 Å². The standard InChI is InChI=1S/C13H18O2/c1-4-5-6-13-7-9-10(8(13)2)12(13,3)11(14)15-9/h9-10H,2,4-7H2,1,3H3. The van der Waals surface area contributed by atoms with E-state index in [-0.39, 0.29) is 22.9 Å². The molecule has 1 aliphatic heterocycles. The lowest BCUT2D eigenvalue weighted by Gasteiger charge is -2.54. The quantitative estimate of drug-likeness (QED) is 0.524. The van der Waals surface area contributed by atoms with Crippen LogP contribution < -0.4 is 0 Å². The van der Waals surface area contributed by atoms with E-state index in [0.29, 0.717) is 5.92 Å². The van der Waals surface area contributed by atoms with Crippen LogP contribution >= 0.6 is 0 Å². The average Bonchev–Trinajstić information content (AvgIpc) is 2.71. The van der Waals surface area contributed by atoms with Crippen molar-refractivity contribution < 1.29 is 9.53 Å². The van der Waals surface area contributed by atoms with Gasteiger partial charge >= 0.3 is 5.97 Å². The molecule has 4 rings (SSSR count). The third-order valence-electron chi connectivity index (χ3n) is 5.17. The van der Waals surface area contributed by atoms with Crippen molar-refractivity contribution in [3.05, 3.63) is 12.2 Å². The summed E-state index contributed by atoms with van der Waals surface area (Å²) >= 11 is 0. The average molecular weight is 206 g/mol. The van der Waals surface area contributed by atoms with Crippen LogP contribution in [0.5, 0.6) is 0 Å². The van der Waals surface area contributed by atoms with Gasteiger partial charge in [0.25, 0.3) is 0 Å². The topological polar surface area (TPSA) is 26.3 Å². The number of hydrogen-bond donors (Lipinski definition) is 0. The van der Waals surface area contributed by atoms with Gasteiger partial charge in [-0.05, 0) is 19.8 Å². The Labute approximate surface area is 90.7 Å². The highest BCUT2D eigenvalue weighted by Crippen LogP contribution is 2.79. The first-order valence-electron chi connectivity index (χ1n) is 5.98. The SMILES string of the molecule is C=C1C2C3CC1(CCCC)C2(C)C(=O)O3. The second-order valence-corrected chi connectivity index (χ2v) is 5.54. The molecule has 4 fully saturated rings. The highest BCUT2D eigenvalue weighted by molar-refractivity contribution is 5.87. The van der Waals surface area contributed by atoms with Crippen LogP contribution in [0.4, 0.5) is 0 Å². The first-order valence-corrected chi connectivity index (χ1v) is 5.98. The molecule has 3 aliphatic carbocycles. The van der Waals surface area contributed by atoms with Crippen molar-refractivity contribution >= 4 is 5.97 Å². The zero-order valence-corrected chi connectivity index (χ0v) is 9.51. The lowest BCUT2D eigenvalue weighted by atomic mass is 9.46. The third kappa shape index (κ3) is 0.714. The van der Waals surface area contributed by atoms with Gasteiger partial charge in [0, 0.05) is 11.3 Å². The van der Waals surface area contributed by atoms with Crippen LogP contribution in [-0.4, -0.2) is 12.1 Å². The predicted molar refractivity (Wildman–Crippen MR) is 57.2 cm³/mol. The molecule has 2 heteroatoms. The van der Waals surface area contributed by atoms with Crippen LogP contribution in [0.2, 0.25) is 0 Å². The first kappa shape index (κ1) is 9.44. The van der Waals surface area contributed by atoms with E-state index < -0.39 is 0 Å². The Morgan fingerprint density at radius 2 is 2.33 bits per heavy atom. The monoisotopic (exact) mass is 206 g/mol. The van der Waals surface area contributed by atoms with E-state index in [1.54, 1.807) is 0 Å². The van der Waals surface area contributed by atoms with Gasteiger partial charge in [0.2, 0.25) is 0 Å². The van der Waals surface area contributed by atoms with Crippen molar-refractivity contribution in [1.29, 1.82) is 0 Å². The minimum Gasteiger partial charge on any atom is -0.461 e. The molecule has 82 valence electrons. The first-order chi connectivity index (χ1) is 7.08. The molecule has 0 aromatic heterocycles. The molecule has 3 saturated carbocycles. The summed E-state index contributed by atoms with van der Waals surface area (Å²) < 4.78 is 5.39. The molecule has 0 spiro atoms. The Balaban J connectivity index is 1.97. The Morgan fingerprint density at radius 1 is 1.60 bits per heavy atom. The summed E-state index contributed by atoms with van der Waals surface area (Å²) in [6.45, 7) is 8.49. The lowest BCUT2D eigenvalue weighted by molar-refractivity contribution is -0.164. The van der Waals surface area contributed by atoms with E-state index in [1.165, 1.54) is 18.4 Å². The lowest BCUT2D eigenvalue weighted by Crippen LogP contribution is -2.55. The second kappa shape index (κ2) is 2.47. The largest absolute Gasteiger partial charge is 0.461 e. The maximum Gasteiger partial charge on any atom is 0.313 e. The zero-order valence-electron chi connectivity index (χ0n) is 9.51. The van der Waals surface area contributed by atoms with E-state index >= 15 is 0 Å². The fraction of sp³-hybridized carbons (Fsp3) is 0.769. The number of carbonyl (C=O) groups is 1. The minimum absolute atomic E-state index is 0.0345. The second-order valence-electron chi connectivity index (χ2n) is 5.54. The third-order valence-corrected chi connectivity index (χ3v) is 5.17. The summed E-state index contributed by atoms with van der Waals surface area (Å²) in [4.78, 5) is 11.8. The smallest absolute Gasteiger partial charge is 0.313 e. The van der Waals surface area contributed by atoms with Crippen LogP contribution in [0, 0.1) is 16.7 Å². The van der Waals surface area contributed by atoms with Gasteiger partial charge in [-0.15, -0.1) is 0 Å². The maximum atomic E-state index is 11.8. The molecule has 0 amide bonds. The molecule has 0 N–H and O–H groups in total. The number of hydrogen-bond acceptors (Lipinski definition) is 2. The Bertz CT molecular complexity index is 360. The molecule has 15 heavy (non-hydrogen) atoms. The zero-order chi connectivity index (χ0) is 10.8. The molecular formula is C13H18O2. The molecule has 4 atom stereocenters. The molecule has 1 saturated heterocycles. The molecule has 4 aliphatic rings. The number of unbranched alkanes of at least 4 members (excludes halogenated alkanes) is 1. The summed E-state index contributed by atoms with van der Waals surface area (Å²) in [6, 6.07) is 0. The van der Waals surface area contributed by atoms with Gasteiger partial charge in [-0.25, -0.2) is 0 Å². The van der Waals surface area contributed by atoms with E-state index in [0.717, 1.165) is 12.8 Å². The fourth-order valence-electron chi connectivity index (χ4n) is 4.29. The van der Waals surface area contributed by atoms with E-state index in [1.807, 2.05) is 0 Å². The molecule has 1 heterocycles. The van der Waals surface area contributed by atoms with E-state index in [4.69, 9.17) is 4.74 Å². The summed E-state index contributed by atoms with van der Waals surface area (Å²) in [5, 5.41) is 0. The minimum atomic E-state index is -0.218. The Hall–Kier alpha value is -0.790. The fourth-order valence-corrected chi connectivity index (χ4v) is 4.29. The van der Waals surface area contributed by atoms with Crippen LogP contribution in [0.25, 0.3) is 0 Å². The predicted octanol–water partition coefficient (Wildman–Crippen LogP) is 2.68. The van der Waals surface area contributed by atoms with Crippen molar-refractivity contribution in [2.24, 2.45) is 16.7 Å². The van der Waals surface area contributed by atoms with Crippen LogP contribution in [-0.2, 0) is 9.53 Å². The summed E-state index contributed by atoms with van der Waals surface area (Å²) in [7, 11) is 0. The van der Waals surface area contributed by atoms with Gasteiger partial charge < -0.3 is 4.74 Å². The van der Waals surface area contributed by atoms with Crippen molar-refractivity contribution in [1.82, 2.24) is 0 Å². The van der Waals surface area contributed by atoms with Gasteiger partial charge in [-0.3, -0.25) is 4.79 Å². The van der Waals surface area contributed by atoms with Crippen molar-refractivity contribution in [3.63, 3.8) is 0 Å². The van der Waals surface area contributed by atoms with Crippen LogP contribution in [0.1, 0.15) is 39.5 Å². The normalized spacial score (nSPS) is 50.5. The van der Waals surface area contributed by atoms with Crippen LogP contribution in [0.15, 0.2) is 12.2 Å². The molecule has 0 aromatic rings. The molecule has 4 bridgehead atoms. The van der Waals surface area contributed by atoms with Gasteiger partial charge in [-0.2, -0.15) is 0 Å². The van der Waals surface area contributed by atoms with Crippen molar-refractivity contribution in [2.45, 2.75) is 45.6 Å². The molecule has 2 nitrogen and oxygen atoms in total. The highest BCUT2D eigenvalue weighted by atomic mass is 16.6. The van der Waals surface area contributed by atoms with Gasteiger partial charge in [0.05, 0.1) is 5.41 Å². The summed E-state index contributed by atoms with van der Waals surface area (Å²) in [6.07, 6.45) is 4.71. The highest BCUT2D eigenvalue weighted by Gasteiger charge is 2.81.